The number of halogens is 1. The second-order valence-electron chi connectivity index (χ2n) is 6.13. The predicted octanol–water partition coefficient (Wildman–Crippen LogP) is 3.32. The van der Waals surface area contributed by atoms with Crippen molar-refractivity contribution in [1.29, 1.82) is 0 Å². The highest BCUT2D eigenvalue weighted by atomic mass is 35.5. The number of rotatable bonds is 2. The molecule has 0 spiro atoms. The molecule has 2 fully saturated rings. The quantitative estimate of drug-likeness (QED) is 0.844. The lowest BCUT2D eigenvalue weighted by molar-refractivity contribution is -0.132. The molecule has 1 saturated heterocycles. The van der Waals surface area contributed by atoms with Crippen LogP contribution in [0.1, 0.15) is 18.4 Å². The van der Waals surface area contributed by atoms with Gasteiger partial charge in [-0.15, -0.1) is 0 Å². The monoisotopic (exact) mass is 335 g/mol. The lowest BCUT2D eigenvalue weighted by atomic mass is 10.2. The second kappa shape index (κ2) is 5.39. The van der Waals surface area contributed by atoms with Crippen LogP contribution in [0.4, 0.5) is 5.13 Å². The zero-order chi connectivity index (χ0) is 15.3. The van der Waals surface area contributed by atoms with Crippen molar-refractivity contribution >= 4 is 44.2 Å². The van der Waals surface area contributed by atoms with E-state index < -0.39 is 0 Å². The fraction of sp³-hybridized carbons (Fsp3) is 0.500. The van der Waals surface area contributed by atoms with Crippen molar-refractivity contribution < 1.29 is 4.79 Å². The lowest BCUT2D eigenvalue weighted by Crippen LogP contribution is -2.49. The molecule has 1 aromatic carbocycles. The number of aryl methyl sites for hydroxylation is 1. The number of hydrogen-bond donors (Lipinski definition) is 0. The van der Waals surface area contributed by atoms with Gasteiger partial charge in [0.05, 0.1) is 15.2 Å². The van der Waals surface area contributed by atoms with Gasteiger partial charge in [0.25, 0.3) is 0 Å². The number of piperazine rings is 1. The van der Waals surface area contributed by atoms with Crippen molar-refractivity contribution in [2.75, 3.05) is 31.1 Å². The Morgan fingerprint density at radius 3 is 2.64 bits per heavy atom. The summed E-state index contributed by atoms with van der Waals surface area (Å²) in [6.07, 6.45) is 2.16. The van der Waals surface area contributed by atoms with E-state index in [9.17, 15) is 4.79 Å². The van der Waals surface area contributed by atoms with Gasteiger partial charge in [-0.3, -0.25) is 4.79 Å². The topological polar surface area (TPSA) is 36.4 Å². The molecular weight excluding hydrogens is 318 g/mol. The number of carbonyl (C=O) groups is 1. The Kier molecular flexibility index (Phi) is 3.50. The van der Waals surface area contributed by atoms with Crippen molar-refractivity contribution in [3.63, 3.8) is 0 Å². The second-order valence-corrected chi connectivity index (χ2v) is 7.51. The first kappa shape index (κ1) is 14.3. The Balaban J connectivity index is 1.52. The molecule has 1 amide bonds. The van der Waals surface area contributed by atoms with Crippen LogP contribution < -0.4 is 4.90 Å². The van der Waals surface area contributed by atoms with Gasteiger partial charge in [0.1, 0.15) is 0 Å². The van der Waals surface area contributed by atoms with E-state index >= 15 is 0 Å². The van der Waals surface area contributed by atoms with Crippen LogP contribution in [-0.4, -0.2) is 42.0 Å². The summed E-state index contributed by atoms with van der Waals surface area (Å²) in [4.78, 5) is 21.2. The highest BCUT2D eigenvalue weighted by molar-refractivity contribution is 7.22. The van der Waals surface area contributed by atoms with Crippen LogP contribution in [0, 0.1) is 12.8 Å². The van der Waals surface area contributed by atoms with E-state index in [1.165, 1.54) is 0 Å². The minimum absolute atomic E-state index is 0.315. The molecule has 4 nitrogen and oxygen atoms in total. The molecule has 0 N–H and O–H groups in total. The number of nitrogens with zero attached hydrogens (tertiary/aromatic N) is 3. The number of carbonyl (C=O) groups excluding carboxylic acids is 1. The van der Waals surface area contributed by atoms with Gasteiger partial charge >= 0.3 is 0 Å². The molecule has 1 aliphatic carbocycles. The van der Waals surface area contributed by atoms with Gasteiger partial charge in [0.2, 0.25) is 5.91 Å². The van der Waals surface area contributed by atoms with Crippen molar-refractivity contribution in [2.24, 2.45) is 5.92 Å². The van der Waals surface area contributed by atoms with Crippen molar-refractivity contribution in [3.05, 3.63) is 22.7 Å². The molecule has 4 rings (SSSR count). The molecule has 116 valence electrons. The molecule has 0 bridgehead atoms. The van der Waals surface area contributed by atoms with Crippen LogP contribution in [0.25, 0.3) is 10.2 Å². The van der Waals surface area contributed by atoms with Crippen LogP contribution in [0.2, 0.25) is 5.02 Å². The van der Waals surface area contributed by atoms with Gasteiger partial charge < -0.3 is 9.80 Å². The number of aromatic nitrogens is 1. The summed E-state index contributed by atoms with van der Waals surface area (Å²) >= 11 is 7.94. The molecule has 0 radical (unpaired) electrons. The Bertz CT molecular complexity index is 693. The number of thiazole rings is 1. The van der Waals surface area contributed by atoms with Gasteiger partial charge in [-0.25, -0.2) is 4.98 Å². The summed E-state index contributed by atoms with van der Waals surface area (Å²) in [5.74, 6) is 0.665. The zero-order valence-electron chi connectivity index (χ0n) is 12.5. The summed E-state index contributed by atoms with van der Waals surface area (Å²) in [6.45, 7) is 5.38. The van der Waals surface area contributed by atoms with Crippen LogP contribution in [0.3, 0.4) is 0 Å². The van der Waals surface area contributed by atoms with E-state index in [4.69, 9.17) is 16.6 Å². The molecule has 0 atom stereocenters. The van der Waals surface area contributed by atoms with E-state index in [0.717, 1.165) is 65.0 Å². The molecule has 2 aromatic rings. The van der Waals surface area contributed by atoms with Crippen molar-refractivity contribution in [3.8, 4) is 0 Å². The summed E-state index contributed by atoms with van der Waals surface area (Å²) in [7, 11) is 0. The summed E-state index contributed by atoms with van der Waals surface area (Å²) in [5.41, 5.74) is 2.16. The SMILES string of the molecule is Cc1ccc(Cl)c2sc(N3CCN(C(=O)C4CC4)CC3)nc12. The Labute approximate surface area is 138 Å². The maximum absolute atomic E-state index is 12.1. The van der Waals surface area contributed by atoms with Crippen LogP contribution >= 0.6 is 22.9 Å². The highest BCUT2D eigenvalue weighted by Gasteiger charge is 2.34. The van der Waals surface area contributed by atoms with Gasteiger partial charge in [0, 0.05) is 32.1 Å². The molecule has 1 aromatic heterocycles. The molecule has 2 aliphatic rings. The molecule has 6 heteroatoms. The third-order valence-electron chi connectivity index (χ3n) is 4.47. The fourth-order valence-electron chi connectivity index (χ4n) is 2.93. The highest BCUT2D eigenvalue weighted by Crippen LogP contribution is 2.36. The summed E-state index contributed by atoms with van der Waals surface area (Å²) in [5, 5.41) is 1.79. The number of amides is 1. The number of fused-ring (bicyclic) bond motifs is 1. The van der Waals surface area contributed by atoms with E-state index in [1.54, 1.807) is 11.3 Å². The van der Waals surface area contributed by atoms with E-state index in [2.05, 4.69) is 11.8 Å². The summed E-state index contributed by atoms with van der Waals surface area (Å²) in [6, 6.07) is 3.95. The standard InChI is InChI=1S/C16H18ClN3OS/c1-10-2-5-12(17)14-13(10)18-16(22-14)20-8-6-19(7-9-20)15(21)11-3-4-11/h2,5,11H,3-4,6-9H2,1H3. The van der Waals surface area contributed by atoms with Crippen LogP contribution in [0.5, 0.6) is 0 Å². The van der Waals surface area contributed by atoms with Gasteiger partial charge in [-0.1, -0.05) is 29.0 Å². The molecule has 0 unspecified atom stereocenters. The zero-order valence-corrected chi connectivity index (χ0v) is 14.1. The van der Waals surface area contributed by atoms with Crippen molar-refractivity contribution in [2.45, 2.75) is 19.8 Å². The van der Waals surface area contributed by atoms with Gasteiger partial charge in [0.15, 0.2) is 5.13 Å². The average molecular weight is 336 g/mol. The first-order valence-corrected chi connectivity index (χ1v) is 8.92. The Hall–Kier alpha value is -1.33. The molecular formula is C16H18ClN3OS. The maximum atomic E-state index is 12.1. The molecule has 2 heterocycles. The molecule has 22 heavy (non-hydrogen) atoms. The predicted molar refractivity (Wildman–Crippen MR) is 90.9 cm³/mol. The molecule has 1 saturated carbocycles. The largest absolute Gasteiger partial charge is 0.345 e. The third kappa shape index (κ3) is 2.46. The third-order valence-corrected chi connectivity index (χ3v) is 6.05. The normalized spacial score (nSPS) is 19.0. The van der Waals surface area contributed by atoms with E-state index in [1.807, 2.05) is 17.0 Å². The van der Waals surface area contributed by atoms with Crippen molar-refractivity contribution in [1.82, 2.24) is 9.88 Å². The molecule has 1 aliphatic heterocycles. The maximum Gasteiger partial charge on any atom is 0.225 e. The first-order chi connectivity index (χ1) is 10.6. The van der Waals surface area contributed by atoms with Crippen LogP contribution in [-0.2, 0) is 4.79 Å². The average Bonchev–Trinajstić information content (AvgIpc) is 3.28. The smallest absolute Gasteiger partial charge is 0.225 e. The first-order valence-electron chi connectivity index (χ1n) is 7.73. The van der Waals surface area contributed by atoms with Gasteiger partial charge in [-0.2, -0.15) is 0 Å². The number of anilines is 1. The Morgan fingerprint density at radius 2 is 2.00 bits per heavy atom. The minimum atomic E-state index is 0.315. The van der Waals surface area contributed by atoms with Crippen LogP contribution in [0.15, 0.2) is 12.1 Å². The fourth-order valence-corrected chi connectivity index (χ4v) is 4.30. The number of benzene rings is 1. The lowest BCUT2D eigenvalue weighted by Gasteiger charge is -2.34. The van der Waals surface area contributed by atoms with E-state index in [-0.39, 0.29) is 0 Å². The van der Waals surface area contributed by atoms with E-state index in [0.29, 0.717) is 11.8 Å². The summed E-state index contributed by atoms with van der Waals surface area (Å²) < 4.78 is 1.06. The Morgan fingerprint density at radius 1 is 1.27 bits per heavy atom. The number of hydrogen-bond acceptors (Lipinski definition) is 4. The minimum Gasteiger partial charge on any atom is -0.345 e. The van der Waals surface area contributed by atoms with Gasteiger partial charge in [-0.05, 0) is 31.4 Å².